The summed E-state index contributed by atoms with van der Waals surface area (Å²) in [6.07, 6.45) is 0.952. The summed E-state index contributed by atoms with van der Waals surface area (Å²) in [5.41, 5.74) is 2.17. The van der Waals surface area contributed by atoms with Gasteiger partial charge in [0.2, 0.25) is 5.91 Å². The van der Waals surface area contributed by atoms with Gasteiger partial charge >= 0.3 is 0 Å². The molecule has 0 aliphatic rings. The van der Waals surface area contributed by atoms with Crippen molar-refractivity contribution in [3.05, 3.63) is 58.6 Å². The predicted molar refractivity (Wildman–Crippen MR) is 99.4 cm³/mol. The summed E-state index contributed by atoms with van der Waals surface area (Å²) >= 11 is 5.90. The Kier molecular flexibility index (Phi) is 6.83. The van der Waals surface area contributed by atoms with E-state index < -0.39 is 0 Å². The second-order valence-electron chi connectivity index (χ2n) is 5.57. The smallest absolute Gasteiger partial charge is 0.251 e. The van der Waals surface area contributed by atoms with Crippen LogP contribution in [0.3, 0.4) is 0 Å². The Morgan fingerprint density at radius 1 is 1.12 bits per heavy atom. The monoisotopic (exact) mass is 360 g/mol. The van der Waals surface area contributed by atoms with Crippen molar-refractivity contribution in [1.29, 1.82) is 0 Å². The van der Waals surface area contributed by atoms with Gasteiger partial charge in [-0.25, -0.2) is 0 Å². The number of aryl methyl sites for hydroxylation is 1. The van der Waals surface area contributed by atoms with Gasteiger partial charge in [0.05, 0.1) is 6.61 Å². The van der Waals surface area contributed by atoms with Crippen LogP contribution in [0.4, 0.5) is 5.69 Å². The van der Waals surface area contributed by atoms with Gasteiger partial charge < -0.3 is 15.4 Å². The number of amides is 2. The Hall–Kier alpha value is -2.53. The van der Waals surface area contributed by atoms with Crippen molar-refractivity contribution in [3.63, 3.8) is 0 Å². The summed E-state index contributed by atoms with van der Waals surface area (Å²) in [5.74, 6) is 0.520. The maximum absolute atomic E-state index is 11.9. The summed E-state index contributed by atoms with van der Waals surface area (Å²) in [6.45, 7) is 2.38. The summed E-state index contributed by atoms with van der Waals surface area (Å²) in [4.78, 5) is 23.4. The first-order valence-electron chi connectivity index (χ1n) is 8.00. The zero-order valence-corrected chi connectivity index (χ0v) is 15.0. The van der Waals surface area contributed by atoms with E-state index in [9.17, 15) is 9.59 Å². The molecular weight excluding hydrogens is 340 g/mol. The van der Waals surface area contributed by atoms with E-state index in [2.05, 4.69) is 10.6 Å². The largest absolute Gasteiger partial charge is 0.493 e. The number of rotatable bonds is 7. The minimum Gasteiger partial charge on any atom is -0.493 e. The van der Waals surface area contributed by atoms with Gasteiger partial charge in [0.15, 0.2) is 0 Å². The molecule has 2 aromatic carbocycles. The van der Waals surface area contributed by atoms with Crippen LogP contribution < -0.4 is 15.4 Å². The van der Waals surface area contributed by atoms with Crippen molar-refractivity contribution >= 4 is 29.1 Å². The molecule has 0 aromatic heterocycles. The van der Waals surface area contributed by atoms with Gasteiger partial charge in [0.25, 0.3) is 5.91 Å². The maximum Gasteiger partial charge on any atom is 0.251 e. The first-order chi connectivity index (χ1) is 12.0. The number of anilines is 1. The summed E-state index contributed by atoms with van der Waals surface area (Å²) in [6, 6.07) is 12.2. The minimum atomic E-state index is -0.160. The zero-order chi connectivity index (χ0) is 18.2. The number of benzene rings is 2. The van der Waals surface area contributed by atoms with Gasteiger partial charge in [0, 0.05) is 29.7 Å². The molecule has 0 radical (unpaired) electrons. The molecule has 6 heteroatoms. The molecular formula is C19H21ClN2O3. The predicted octanol–water partition coefficient (Wildman–Crippen LogP) is 3.81. The highest BCUT2D eigenvalue weighted by atomic mass is 35.5. The van der Waals surface area contributed by atoms with Crippen LogP contribution in [-0.2, 0) is 4.79 Å². The lowest BCUT2D eigenvalue weighted by atomic mass is 10.2. The second-order valence-corrected chi connectivity index (χ2v) is 6.00. The van der Waals surface area contributed by atoms with E-state index >= 15 is 0 Å². The Labute approximate surface area is 152 Å². The molecule has 2 rings (SSSR count). The van der Waals surface area contributed by atoms with E-state index in [1.54, 1.807) is 37.4 Å². The van der Waals surface area contributed by atoms with Gasteiger partial charge in [-0.05, 0) is 61.4 Å². The van der Waals surface area contributed by atoms with Crippen molar-refractivity contribution in [1.82, 2.24) is 5.32 Å². The first-order valence-corrected chi connectivity index (χ1v) is 8.38. The standard InChI is InChI=1S/C19H21ClN2O3/c1-13-12-15(20)7-10-17(13)25-11-3-4-18(23)22-16-8-5-14(6-9-16)19(24)21-2/h5-10,12H,3-4,11H2,1-2H3,(H,21,24)(H,22,23). The molecule has 0 heterocycles. The van der Waals surface area contributed by atoms with E-state index in [0.29, 0.717) is 35.7 Å². The SMILES string of the molecule is CNC(=O)c1ccc(NC(=O)CCCOc2ccc(Cl)cc2C)cc1. The third kappa shape index (κ3) is 5.80. The highest BCUT2D eigenvalue weighted by Gasteiger charge is 2.06. The Bertz CT molecular complexity index is 745. The number of carbonyl (C=O) groups excluding carboxylic acids is 2. The summed E-state index contributed by atoms with van der Waals surface area (Å²) < 4.78 is 5.66. The van der Waals surface area contributed by atoms with Crippen LogP contribution in [0.25, 0.3) is 0 Å². The lowest BCUT2D eigenvalue weighted by Gasteiger charge is -2.10. The molecule has 0 fully saturated rings. The molecule has 0 unspecified atom stereocenters. The minimum absolute atomic E-state index is 0.0934. The van der Waals surface area contributed by atoms with E-state index in [-0.39, 0.29) is 11.8 Å². The number of ether oxygens (including phenoxy) is 1. The fourth-order valence-corrected chi connectivity index (χ4v) is 2.49. The molecule has 0 saturated carbocycles. The van der Waals surface area contributed by atoms with Crippen LogP contribution >= 0.6 is 11.6 Å². The number of nitrogens with one attached hydrogen (secondary N) is 2. The van der Waals surface area contributed by atoms with Crippen molar-refractivity contribution in [2.75, 3.05) is 19.0 Å². The van der Waals surface area contributed by atoms with Crippen molar-refractivity contribution in [3.8, 4) is 5.75 Å². The quantitative estimate of drug-likeness (QED) is 0.738. The second kappa shape index (κ2) is 9.08. The molecule has 5 nitrogen and oxygen atoms in total. The number of halogens is 1. The van der Waals surface area contributed by atoms with Gasteiger partial charge in [-0.3, -0.25) is 9.59 Å². The van der Waals surface area contributed by atoms with Gasteiger partial charge in [-0.15, -0.1) is 0 Å². The zero-order valence-electron chi connectivity index (χ0n) is 14.3. The van der Waals surface area contributed by atoms with Gasteiger partial charge in [-0.2, -0.15) is 0 Å². The normalized spacial score (nSPS) is 10.2. The van der Waals surface area contributed by atoms with Crippen LogP contribution in [-0.4, -0.2) is 25.5 Å². The molecule has 0 saturated heterocycles. The molecule has 132 valence electrons. The van der Waals surface area contributed by atoms with Crippen LogP contribution in [0.15, 0.2) is 42.5 Å². The molecule has 0 aliphatic heterocycles. The van der Waals surface area contributed by atoms with Gasteiger partial charge in [-0.1, -0.05) is 11.6 Å². The lowest BCUT2D eigenvalue weighted by molar-refractivity contribution is -0.116. The Morgan fingerprint density at radius 3 is 2.48 bits per heavy atom. The average Bonchev–Trinajstić information content (AvgIpc) is 2.60. The molecule has 2 aromatic rings. The number of carbonyl (C=O) groups is 2. The maximum atomic E-state index is 11.9. The highest BCUT2D eigenvalue weighted by molar-refractivity contribution is 6.30. The molecule has 0 spiro atoms. The molecule has 0 bridgehead atoms. The van der Waals surface area contributed by atoms with E-state index in [4.69, 9.17) is 16.3 Å². The summed E-state index contributed by atoms with van der Waals surface area (Å²) in [7, 11) is 1.58. The molecule has 0 aliphatic carbocycles. The van der Waals surface area contributed by atoms with Crippen LogP contribution in [0.1, 0.15) is 28.8 Å². The number of hydrogen-bond acceptors (Lipinski definition) is 3. The highest BCUT2D eigenvalue weighted by Crippen LogP contribution is 2.22. The third-order valence-corrected chi connectivity index (χ3v) is 3.84. The molecule has 2 N–H and O–H groups in total. The van der Waals surface area contributed by atoms with E-state index in [1.165, 1.54) is 0 Å². The molecule has 2 amide bonds. The summed E-state index contributed by atoms with van der Waals surface area (Å²) in [5, 5.41) is 6.02. The van der Waals surface area contributed by atoms with E-state index in [0.717, 1.165) is 11.3 Å². The van der Waals surface area contributed by atoms with Crippen LogP contribution in [0, 0.1) is 6.92 Å². The fourth-order valence-electron chi connectivity index (χ4n) is 2.26. The molecule has 0 atom stereocenters. The van der Waals surface area contributed by atoms with E-state index in [1.807, 2.05) is 19.1 Å². The van der Waals surface area contributed by atoms with Crippen LogP contribution in [0.2, 0.25) is 5.02 Å². The lowest BCUT2D eigenvalue weighted by Crippen LogP contribution is -2.18. The number of hydrogen-bond donors (Lipinski definition) is 2. The first kappa shape index (κ1) is 18.8. The van der Waals surface area contributed by atoms with Crippen molar-refractivity contribution < 1.29 is 14.3 Å². The van der Waals surface area contributed by atoms with Crippen molar-refractivity contribution in [2.45, 2.75) is 19.8 Å². The Balaban J connectivity index is 1.74. The van der Waals surface area contributed by atoms with Crippen molar-refractivity contribution in [2.24, 2.45) is 0 Å². The van der Waals surface area contributed by atoms with Gasteiger partial charge in [0.1, 0.15) is 5.75 Å². The topological polar surface area (TPSA) is 67.4 Å². The molecule has 25 heavy (non-hydrogen) atoms. The van der Waals surface area contributed by atoms with Crippen LogP contribution in [0.5, 0.6) is 5.75 Å². The Morgan fingerprint density at radius 2 is 1.84 bits per heavy atom. The third-order valence-electron chi connectivity index (χ3n) is 3.60. The average molecular weight is 361 g/mol. The fraction of sp³-hybridized carbons (Fsp3) is 0.263.